The third-order valence-corrected chi connectivity index (χ3v) is 5.40. The van der Waals surface area contributed by atoms with Gasteiger partial charge in [-0.3, -0.25) is 9.59 Å². The van der Waals surface area contributed by atoms with Crippen LogP contribution in [0.15, 0.2) is 42.7 Å². The molecule has 3 aromatic rings. The maximum absolute atomic E-state index is 14.0. The number of hydrogen-bond acceptors (Lipinski definition) is 6. The summed E-state index contributed by atoms with van der Waals surface area (Å²) in [5, 5.41) is 5.67. The highest BCUT2D eigenvalue weighted by molar-refractivity contribution is 5.98. The lowest BCUT2D eigenvalue weighted by Gasteiger charge is -2.26. The summed E-state index contributed by atoms with van der Waals surface area (Å²) in [6.45, 7) is 0.209. The second-order valence-electron chi connectivity index (χ2n) is 7.68. The number of primary amides is 1. The predicted octanol–water partition coefficient (Wildman–Crippen LogP) is 3.87. The minimum Gasteiger partial charge on any atom is -0.380 e. The lowest BCUT2D eigenvalue weighted by Crippen LogP contribution is -2.35. The van der Waals surface area contributed by atoms with Crippen LogP contribution in [-0.2, 0) is 11.3 Å². The van der Waals surface area contributed by atoms with Crippen LogP contribution in [0.5, 0.6) is 0 Å². The first-order valence-corrected chi connectivity index (χ1v) is 10.5. The maximum Gasteiger partial charge on any atom is 0.252 e. The summed E-state index contributed by atoms with van der Waals surface area (Å²) in [5.41, 5.74) is 5.67. The molecule has 4 rings (SSSR count). The van der Waals surface area contributed by atoms with Gasteiger partial charge in [0.1, 0.15) is 17.5 Å². The Morgan fingerprint density at radius 2 is 1.79 bits per heavy atom. The average molecular weight is 470 g/mol. The second-order valence-corrected chi connectivity index (χ2v) is 7.68. The van der Waals surface area contributed by atoms with E-state index in [9.17, 15) is 22.8 Å². The summed E-state index contributed by atoms with van der Waals surface area (Å²) in [5.74, 6) is -3.52. The summed E-state index contributed by atoms with van der Waals surface area (Å²) in [6, 6.07) is 6.35. The van der Waals surface area contributed by atoms with Crippen LogP contribution in [0.4, 0.5) is 36.2 Å². The normalized spacial score (nSPS) is 13.6. The number of anilines is 4. The molecular weight excluding hydrogens is 449 g/mol. The van der Waals surface area contributed by atoms with E-state index in [0.717, 1.165) is 18.9 Å². The Hall–Kier alpha value is -4.15. The van der Waals surface area contributed by atoms with Crippen molar-refractivity contribution in [3.05, 3.63) is 71.3 Å². The zero-order valence-electron chi connectivity index (χ0n) is 17.9. The number of rotatable bonds is 7. The van der Waals surface area contributed by atoms with Gasteiger partial charge in [-0.25, -0.2) is 23.1 Å². The number of nitrogens with zero attached hydrogens (tertiary/aromatic N) is 3. The molecule has 4 N–H and O–H groups in total. The number of carbonyl (C=O) groups is 2. The summed E-state index contributed by atoms with van der Waals surface area (Å²) in [7, 11) is 0. The van der Waals surface area contributed by atoms with Gasteiger partial charge in [-0.2, -0.15) is 0 Å². The van der Waals surface area contributed by atoms with Gasteiger partial charge in [-0.05, 0) is 37.1 Å². The molecule has 8 nitrogen and oxygen atoms in total. The highest BCUT2D eigenvalue weighted by Gasteiger charge is 2.20. The van der Waals surface area contributed by atoms with E-state index in [1.54, 1.807) is 23.2 Å². The van der Waals surface area contributed by atoms with Crippen LogP contribution in [0.2, 0.25) is 0 Å². The van der Waals surface area contributed by atoms with Gasteiger partial charge in [-0.1, -0.05) is 0 Å². The van der Waals surface area contributed by atoms with Gasteiger partial charge in [0.05, 0.1) is 23.1 Å². The molecular formula is C23H21F3N6O2. The smallest absolute Gasteiger partial charge is 0.252 e. The van der Waals surface area contributed by atoms with Crippen LogP contribution in [0.25, 0.3) is 0 Å². The maximum atomic E-state index is 14.0. The number of amides is 2. The minimum atomic E-state index is -1.32. The van der Waals surface area contributed by atoms with Crippen LogP contribution in [-0.4, -0.2) is 28.3 Å². The monoisotopic (exact) mass is 470 g/mol. The number of carbonyl (C=O) groups excluding carboxylic acids is 2. The molecule has 1 aliphatic heterocycles. The third-order valence-electron chi connectivity index (χ3n) is 5.40. The zero-order valence-corrected chi connectivity index (χ0v) is 17.9. The third kappa shape index (κ3) is 4.92. The Kier molecular flexibility index (Phi) is 6.62. The first-order valence-electron chi connectivity index (χ1n) is 10.5. The molecule has 34 heavy (non-hydrogen) atoms. The standard InChI is InChI=1S/C23H21F3N6O2/c24-16-5-6-17(25)22(26)14(16)11-28-18-9-20(30-12-15(18)23(27)34)31-19-7-4-13(10-29-19)32-8-2-1-3-21(32)33/h4-7,9-10,12H,1-3,8,11H2,(H2,27,34)(H2,28,29,30,31). The molecule has 11 heteroatoms. The van der Waals surface area contributed by atoms with Crippen LogP contribution < -0.4 is 21.3 Å². The molecule has 176 valence electrons. The van der Waals surface area contributed by atoms with E-state index in [-0.39, 0.29) is 23.0 Å². The number of nitrogens with two attached hydrogens (primary N) is 1. The predicted molar refractivity (Wildman–Crippen MR) is 120 cm³/mol. The SMILES string of the molecule is NC(=O)c1cnc(Nc2ccc(N3CCCCC3=O)cn2)cc1NCc1c(F)ccc(F)c1F. The van der Waals surface area contributed by atoms with Crippen LogP contribution in [0.3, 0.4) is 0 Å². The van der Waals surface area contributed by atoms with Crippen molar-refractivity contribution >= 4 is 34.8 Å². The molecule has 0 radical (unpaired) electrons. The fraction of sp³-hybridized carbons (Fsp3) is 0.217. The van der Waals surface area contributed by atoms with Gasteiger partial charge in [0, 0.05) is 37.3 Å². The Morgan fingerprint density at radius 3 is 2.50 bits per heavy atom. The van der Waals surface area contributed by atoms with E-state index >= 15 is 0 Å². The van der Waals surface area contributed by atoms with E-state index in [4.69, 9.17) is 5.73 Å². The van der Waals surface area contributed by atoms with Gasteiger partial charge in [-0.15, -0.1) is 0 Å². The fourth-order valence-electron chi connectivity index (χ4n) is 3.61. The first-order chi connectivity index (χ1) is 16.3. The van der Waals surface area contributed by atoms with Gasteiger partial charge < -0.3 is 21.3 Å². The summed E-state index contributed by atoms with van der Waals surface area (Å²) in [4.78, 5) is 34.0. The van der Waals surface area contributed by atoms with E-state index in [2.05, 4.69) is 20.6 Å². The quantitative estimate of drug-likeness (QED) is 0.452. The summed E-state index contributed by atoms with van der Waals surface area (Å²) < 4.78 is 41.4. The van der Waals surface area contributed by atoms with Gasteiger partial charge in [0.2, 0.25) is 5.91 Å². The molecule has 0 aliphatic carbocycles. The second kappa shape index (κ2) is 9.77. The van der Waals surface area contributed by atoms with E-state index in [1.807, 2.05) is 0 Å². The average Bonchev–Trinajstić information content (AvgIpc) is 2.82. The molecule has 2 amide bonds. The largest absolute Gasteiger partial charge is 0.380 e. The van der Waals surface area contributed by atoms with Crippen molar-refractivity contribution in [3.63, 3.8) is 0 Å². The highest BCUT2D eigenvalue weighted by atomic mass is 19.2. The minimum absolute atomic E-state index is 0.0188. The molecule has 2 aromatic heterocycles. The number of benzene rings is 1. The summed E-state index contributed by atoms with van der Waals surface area (Å²) >= 11 is 0. The molecule has 0 unspecified atom stereocenters. The van der Waals surface area contributed by atoms with Gasteiger partial charge >= 0.3 is 0 Å². The van der Waals surface area contributed by atoms with Crippen LogP contribution in [0.1, 0.15) is 35.2 Å². The van der Waals surface area contributed by atoms with Crippen molar-refractivity contribution in [3.8, 4) is 0 Å². The number of nitrogens with one attached hydrogen (secondary N) is 2. The van der Waals surface area contributed by atoms with Crippen LogP contribution in [0, 0.1) is 17.5 Å². The van der Waals surface area contributed by atoms with E-state index in [1.165, 1.54) is 12.3 Å². The number of halogens is 3. The lowest BCUT2D eigenvalue weighted by atomic mass is 10.1. The number of piperidine rings is 1. The molecule has 0 bridgehead atoms. The lowest BCUT2D eigenvalue weighted by molar-refractivity contribution is -0.119. The Morgan fingerprint density at radius 1 is 1.03 bits per heavy atom. The molecule has 0 saturated carbocycles. The van der Waals surface area contributed by atoms with Crippen LogP contribution >= 0.6 is 0 Å². The van der Waals surface area contributed by atoms with Crippen molar-refractivity contribution in [1.82, 2.24) is 9.97 Å². The van der Waals surface area contributed by atoms with E-state index < -0.39 is 35.5 Å². The van der Waals surface area contributed by atoms with Crippen molar-refractivity contribution < 1.29 is 22.8 Å². The molecule has 1 saturated heterocycles. The topological polar surface area (TPSA) is 113 Å². The fourth-order valence-corrected chi connectivity index (χ4v) is 3.61. The van der Waals surface area contributed by atoms with Crippen molar-refractivity contribution in [2.75, 3.05) is 22.1 Å². The van der Waals surface area contributed by atoms with Crippen molar-refractivity contribution in [2.45, 2.75) is 25.8 Å². The van der Waals surface area contributed by atoms with Crippen molar-refractivity contribution in [1.29, 1.82) is 0 Å². The van der Waals surface area contributed by atoms with E-state index in [0.29, 0.717) is 30.5 Å². The number of hydrogen-bond donors (Lipinski definition) is 3. The highest BCUT2D eigenvalue weighted by Crippen LogP contribution is 2.25. The Balaban J connectivity index is 1.52. The number of aromatic nitrogens is 2. The Bertz CT molecular complexity index is 1240. The van der Waals surface area contributed by atoms with Crippen molar-refractivity contribution in [2.24, 2.45) is 5.73 Å². The molecule has 1 aliphatic rings. The van der Waals surface area contributed by atoms with Gasteiger partial charge in [0.15, 0.2) is 11.6 Å². The first kappa shape index (κ1) is 23.0. The van der Waals surface area contributed by atoms with Gasteiger partial charge in [0.25, 0.3) is 5.91 Å². The Labute approximate surface area is 193 Å². The molecule has 3 heterocycles. The number of pyridine rings is 2. The molecule has 0 spiro atoms. The molecule has 1 aromatic carbocycles. The zero-order chi connectivity index (χ0) is 24.2. The molecule has 0 atom stereocenters. The summed E-state index contributed by atoms with van der Waals surface area (Å²) in [6.07, 6.45) is 5.09. The molecule has 1 fully saturated rings.